The summed E-state index contributed by atoms with van der Waals surface area (Å²) in [6.45, 7) is 2.89. The first-order chi connectivity index (χ1) is 15.1. The number of ether oxygens (including phenoxy) is 1. The van der Waals surface area contributed by atoms with Gasteiger partial charge in [0, 0.05) is 25.2 Å². The molecule has 0 saturated carbocycles. The van der Waals surface area contributed by atoms with Gasteiger partial charge in [-0.25, -0.2) is 14.5 Å². The average molecular weight is 451 g/mol. The number of hydrogen-bond acceptors (Lipinski definition) is 6. The van der Waals surface area contributed by atoms with E-state index in [2.05, 4.69) is 20.1 Å². The molecule has 9 nitrogen and oxygen atoms in total. The molecule has 170 valence electrons. The van der Waals surface area contributed by atoms with Gasteiger partial charge in [-0.05, 0) is 37.3 Å². The zero-order chi connectivity index (χ0) is 23.0. The molecule has 1 aromatic carbocycles. The molecule has 3 heterocycles. The number of benzene rings is 1. The van der Waals surface area contributed by atoms with Crippen LogP contribution in [0.25, 0.3) is 16.7 Å². The molecule has 0 aliphatic carbocycles. The Labute approximate surface area is 180 Å². The SMILES string of the molecule is CC(O)C1CN(c2ccnc3c2c(CNC(=O)O)nn3-c2ccc(OC(F)(F)F)cc2)C1. The van der Waals surface area contributed by atoms with E-state index in [0.717, 1.165) is 17.8 Å². The Morgan fingerprint density at radius 3 is 2.56 bits per heavy atom. The number of amides is 1. The van der Waals surface area contributed by atoms with E-state index >= 15 is 0 Å². The van der Waals surface area contributed by atoms with Crippen molar-refractivity contribution in [2.75, 3.05) is 18.0 Å². The van der Waals surface area contributed by atoms with Crippen molar-refractivity contribution in [3.8, 4) is 11.4 Å². The van der Waals surface area contributed by atoms with Crippen LogP contribution in [-0.4, -0.2) is 56.6 Å². The largest absolute Gasteiger partial charge is 0.573 e. The maximum Gasteiger partial charge on any atom is 0.573 e. The molecule has 4 rings (SSSR count). The number of rotatable bonds is 6. The molecule has 2 aromatic heterocycles. The summed E-state index contributed by atoms with van der Waals surface area (Å²) in [7, 11) is 0. The maximum absolute atomic E-state index is 12.4. The van der Waals surface area contributed by atoms with Gasteiger partial charge in [0.15, 0.2) is 5.65 Å². The Bertz CT molecular complexity index is 1120. The van der Waals surface area contributed by atoms with Gasteiger partial charge < -0.3 is 25.2 Å². The van der Waals surface area contributed by atoms with Crippen LogP contribution in [0, 0.1) is 5.92 Å². The van der Waals surface area contributed by atoms with Gasteiger partial charge in [-0.15, -0.1) is 13.2 Å². The van der Waals surface area contributed by atoms with Crippen molar-refractivity contribution >= 4 is 22.8 Å². The van der Waals surface area contributed by atoms with Crippen molar-refractivity contribution in [1.82, 2.24) is 20.1 Å². The van der Waals surface area contributed by atoms with E-state index in [1.165, 1.54) is 16.8 Å². The molecule has 1 fully saturated rings. The van der Waals surface area contributed by atoms with E-state index in [4.69, 9.17) is 5.11 Å². The Kier molecular flexibility index (Phi) is 5.55. The number of aromatic nitrogens is 3. The van der Waals surface area contributed by atoms with Crippen LogP contribution in [0.2, 0.25) is 0 Å². The number of nitrogens with zero attached hydrogens (tertiary/aromatic N) is 4. The van der Waals surface area contributed by atoms with Gasteiger partial charge in [-0.2, -0.15) is 5.10 Å². The van der Waals surface area contributed by atoms with E-state index in [1.807, 2.05) is 4.90 Å². The Morgan fingerprint density at radius 2 is 1.97 bits per heavy atom. The standard InChI is InChI=1S/C20H20F3N5O4/c1-11(29)12-9-27(10-12)16-6-7-24-18-17(16)15(8-25-19(30)31)26-28(18)13-2-4-14(5-3-13)32-20(21,22)23/h2-7,11-12,25,29H,8-10H2,1H3,(H,30,31). The molecular formula is C20H20F3N5O4. The third-order valence-corrected chi connectivity index (χ3v) is 5.27. The van der Waals surface area contributed by atoms with Crippen LogP contribution < -0.4 is 15.0 Å². The number of alkyl halides is 3. The fourth-order valence-electron chi connectivity index (χ4n) is 3.63. The zero-order valence-corrected chi connectivity index (χ0v) is 16.9. The topological polar surface area (TPSA) is 113 Å². The van der Waals surface area contributed by atoms with Crippen molar-refractivity contribution in [3.05, 3.63) is 42.2 Å². The summed E-state index contributed by atoms with van der Waals surface area (Å²) in [5.74, 6) is -0.251. The van der Waals surface area contributed by atoms with Crippen LogP contribution in [-0.2, 0) is 6.54 Å². The maximum atomic E-state index is 12.4. The van der Waals surface area contributed by atoms with Crippen LogP contribution in [0.5, 0.6) is 5.75 Å². The number of pyridine rings is 1. The molecule has 12 heteroatoms. The van der Waals surface area contributed by atoms with Crippen LogP contribution in [0.4, 0.5) is 23.7 Å². The minimum absolute atomic E-state index is 0.0829. The predicted octanol–water partition coefficient (Wildman–Crippen LogP) is 2.90. The summed E-state index contributed by atoms with van der Waals surface area (Å²) in [4.78, 5) is 17.5. The first-order valence-corrected chi connectivity index (χ1v) is 9.75. The smallest absolute Gasteiger partial charge is 0.465 e. The van der Waals surface area contributed by atoms with E-state index in [-0.39, 0.29) is 18.2 Å². The second-order valence-corrected chi connectivity index (χ2v) is 7.49. The van der Waals surface area contributed by atoms with Crippen molar-refractivity contribution < 1.29 is 32.9 Å². The lowest BCUT2D eigenvalue weighted by atomic mass is 9.93. The number of aliphatic hydroxyl groups is 1. The number of halogens is 3. The first-order valence-electron chi connectivity index (χ1n) is 9.75. The molecule has 1 atom stereocenters. The average Bonchev–Trinajstić information content (AvgIpc) is 3.04. The van der Waals surface area contributed by atoms with Gasteiger partial charge in [-0.1, -0.05) is 0 Å². The highest BCUT2D eigenvalue weighted by molar-refractivity contribution is 5.93. The summed E-state index contributed by atoms with van der Waals surface area (Å²) in [5.41, 5.74) is 2.06. The molecule has 0 spiro atoms. The molecule has 1 aliphatic rings. The fraction of sp³-hybridized carbons (Fsp3) is 0.350. The summed E-state index contributed by atoms with van der Waals surface area (Å²) < 4.78 is 42.7. The second-order valence-electron chi connectivity index (χ2n) is 7.49. The van der Waals surface area contributed by atoms with Crippen LogP contribution in [0.1, 0.15) is 12.6 Å². The summed E-state index contributed by atoms with van der Waals surface area (Å²) in [5, 5.41) is 26.2. The Balaban J connectivity index is 1.73. The number of nitrogens with one attached hydrogen (secondary N) is 1. The lowest BCUT2D eigenvalue weighted by Gasteiger charge is -2.42. The number of carbonyl (C=O) groups is 1. The fourth-order valence-corrected chi connectivity index (χ4v) is 3.63. The van der Waals surface area contributed by atoms with E-state index in [1.54, 1.807) is 19.2 Å². The second kappa shape index (κ2) is 8.19. The van der Waals surface area contributed by atoms with Crippen molar-refractivity contribution in [2.45, 2.75) is 25.9 Å². The number of carboxylic acid groups (broad SMARTS) is 1. The highest BCUT2D eigenvalue weighted by atomic mass is 19.4. The number of fused-ring (bicyclic) bond motifs is 1. The number of anilines is 1. The summed E-state index contributed by atoms with van der Waals surface area (Å²) in [6, 6.07) is 6.93. The zero-order valence-electron chi connectivity index (χ0n) is 16.9. The van der Waals surface area contributed by atoms with Crippen molar-refractivity contribution in [1.29, 1.82) is 0 Å². The predicted molar refractivity (Wildman–Crippen MR) is 108 cm³/mol. The highest BCUT2D eigenvalue weighted by Gasteiger charge is 2.33. The minimum Gasteiger partial charge on any atom is -0.465 e. The van der Waals surface area contributed by atoms with Gasteiger partial charge in [0.25, 0.3) is 0 Å². The quantitative estimate of drug-likeness (QED) is 0.528. The molecule has 0 bridgehead atoms. The summed E-state index contributed by atoms with van der Waals surface area (Å²) in [6.07, 6.45) is -4.88. The molecule has 1 unspecified atom stereocenters. The lowest BCUT2D eigenvalue weighted by molar-refractivity contribution is -0.274. The molecule has 3 aromatic rings. The minimum atomic E-state index is -4.80. The van der Waals surface area contributed by atoms with E-state index in [9.17, 15) is 23.1 Å². The molecule has 3 N–H and O–H groups in total. The highest BCUT2D eigenvalue weighted by Crippen LogP contribution is 2.35. The molecule has 1 aliphatic heterocycles. The van der Waals surface area contributed by atoms with Crippen molar-refractivity contribution in [2.24, 2.45) is 5.92 Å². The number of hydrogen-bond donors (Lipinski definition) is 3. The lowest BCUT2D eigenvalue weighted by Crippen LogP contribution is -2.51. The van der Waals surface area contributed by atoms with Gasteiger partial charge in [0.2, 0.25) is 0 Å². The van der Waals surface area contributed by atoms with Gasteiger partial charge >= 0.3 is 12.5 Å². The number of aliphatic hydroxyl groups excluding tert-OH is 1. The Morgan fingerprint density at radius 1 is 1.28 bits per heavy atom. The van der Waals surface area contributed by atoms with Crippen molar-refractivity contribution in [3.63, 3.8) is 0 Å². The molecule has 1 saturated heterocycles. The van der Waals surface area contributed by atoms with E-state index < -0.39 is 18.6 Å². The van der Waals surface area contributed by atoms with Crippen LogP contribution in [0.3, 0.4) is 0 Å². The van der Waals surface area contributed by atoms with E-state index in [0.29, 0.717) is 35.5 Å². The molecular weight excluding hydrogens is 431 g/mol. The molecule has 32 heavy (non-hydrogen) atoms. The van der Waals surface area contributed by atoms with Gasteiger partial charge in [-0.3, -0.25) is 0 Å². The monoisotopic (exact) mass is 451 g/mol. The summed E-state index contributed by atoms with van der Waals surface area (Å²) >= 11 is 0. The van der Waals surface area contributed by atoms with Crippen LogP contribution in [0.15, 0.2) is 36.5 Å². The third-order valence-electron chi connectivity index (χ3n) is 5.27. The normalized spacial score (nSPS) is 15.5. The Hall–Kier alpha value is -3.54. The first kappa shape index (κ1) is 21.7. The van der Waals surface area contributed by atoms with Gasteiger partial charge in [0.05, 0.1) is 35.1 Å². The van der Waals surface area contributed by atoms with Gasteiger partial charge in [0.1, 0.15) is 5.75 Å². The third kappa shape index (κ3) is 4.40. The molecule has 0 radical (unpaired) electrons. The molecule has 1 amide bonds. The van der Waals surface area contributed by atoms with Crippen LogP contribution >= 0.6 is 0 Å².